The van der Waals surface area contributed by atoms with Crippen LogP contribution in [-0.4, -0.2) is 30.5 Å². The van der Waals surface area contributed by atoms with Gasteiger partial charge < -0.3 is 5.11 Å². The molecule has 0 aliphatic carbocycles. The first-order chi connectivity index (χ1) is 12.3. The highest BCUT2D eigenvalue weighted by Crippen LogP contribution is 2.25. The quantitative estimate of drug-likeness (QED) is 0.729. The summed E-state index contributed by atoms with van der Waals surface area (Å²) in [4.78, 5) is 9.23. The number of benzene rings is 1. The number of aryl methyl sites for hydroxylation is 2. The molecule has 2 aromatic heterocycles. The van der Waals surface area contributed by atoms with Crippen LogP contribution in [0.15, 0.2) is 42.6 Å². The van der Waals surface area contributed by atoms with E-state index in [2.05, 4.69) is 29.1 Å². The van der Waals surface area contributed by atoms with Gasteiger partial charge in [-0.2, -0.15) is 5.10 Å². The molecule has 136 valence electrons. The van der Waals surface area contributed by atoms with Crippen LogP contribution in [0.3, 0.4) is 0 Å². The van der Waals surface area contributed by atoms with Crippen LogP contribution in [0.2, 0.25) is 0 Å². The molecule has 0 amide bonds. The maximum absolute atomic E-state index is 9.96. The summed E-state index contributed by atoms with van der Waals surface area (Å²) < 4.78 is 1.77. The van der Waals surface area contributed by atoms with Crippen molar-refractivity contribution in [1.82, 2.24) is 19.7 Å². The third kappa shape index (κ3) is 4.55. The molecule has 0 aliphatic heterocycles. The third-order valence-corrected chi connectivity index (χ3v) is 4.02. The molecule has 0 unspecified atom stereocenters. The molecule has 3 aromatic rings. The molecule has 0 fully saturated rings. The van der Waals surface area contributed by atoms with Crippen molar-refractivity contribution < 1.29 is 5.11 Å². The van der Waals surface area contributed by atoms with Gasteiger partial charge in [0.2, 0.25) is 0 Å². The fourth-order valence-corrected chi connectivity index (χ4v) is 2.95. The number of aromatic nitrogens is 4. The Morgan fingerprint density at radius 2 is 1.77 bits per heavy atom. The van der Waals surface area contributed by atoms with E-state index >= 15 is 0 Å². The summed E-state index contributed by atoms with van der Waals surface area (Å²) in [7, 11) is 0. The Morgan fingerprint density at radius 3 is 2.46 bits per heavy atom. The molecule has 1 N–H and O–H groups in total. The van der Waals surface area contributed by atoms with E-state index < -0.39 is 5.60 Å². The maximum atomic E-state index is 9.96. The predicted octanol–water partition coefficient (Wildman–Crippen LogP) is 4.04. The van der Waals surface area contributed by atoms with E-state index in [-0.39, 0.29) is 0 Å². The van der Waals surface area contributed by atoms with Crippen LogP contribution in [0.1, 0.15) is 38.7 Å². The summed E-state index contributed by atoms with van der Waals surface area (Å²) in [6.45, 7) is 8.15. The van der Waals surface area contributed by atoms with Gasteiger partial charge in [-0.25, -0.2) is 9.97 Å². The monoisotopic (exact) mass is 350 g/mol. The van der Waals surface area contributed by atoms with E-state index in [1.54, 1.807) is 18.5 Å². The van der Waals surface area contributed by atoms with Gasteiger partial charge in [0.1, 0.15) is 5.82 Å². The molecule has 0 aliphatic rings. The number of aliphatic hydroxyl groups is 1. The molecule has 26 heavy (non-hydrogen) atoms. The van der Waals surface area contributed by atoms with E-state index in [9.17, 15) is 5.11 Å². The van der Waals surface area contributed by atoms with Crippen molar-refractivity contribution in [3.8, 4) is 22.5 Å². The molecule has 3 rings (SSSR count). The zero-order chi connectivity index (χ0) is 18.7. The van der Waals surface area contributed by atoms with Gasteiger partial charge in [0.15, 0.2) is 0 Å². The zero-order valence-corrected chi connectivity index (χ0v) is 15.9. The van der Waals surface area contributed by atoms with Crippen molar-refractivity contribution >= 4 is 0 Å². The summed E-state index contributed by atoms with van der Waals surface area (Å²) in [6.07, 6.45) is 3.81. The first-order valence-corrected chi connectivity index (χ1v) is 9.05. The molecule has 0 saturated heterocycles. The second-order valence-corrected chi connectivity index (χ2v) is 7.35. The molecular weight excluding hydrogens is 324 g/mol. The summed E-state index contributed by atoms with van der Waals surface area (Å²) in [6, 6.07) is 12.2. The van der Waals surface area contributed by atoms with Gasteiger partial charge in [0.05, 0.1) is 23.5 Å². The SMILES string of the molecule is CCCc1nc(C)cc(-c2cccc(-c3ccn(CC(C)(C)O)n3)c2)n1. The van der Waals surface area contributed by atoms with Crippen molar-refractivity contribution in [2.24, 2.45) is 0 Å². The van der Waals surface area contributed by atoms with Crippen molar-refractivity contribution in [2.45, 2.75) is 52.7 Å². The molecule has 0 saturated carbocycles. The number of nitrogens with zero attached hydrogens (tertiary/aromatic N) is 4. The van der Waals surface area contributed by atoms with E-state index in [1.807, 2.05) is 37.4 Å². The van der Waals surface area contributed by atoms with E-state index in [4.69, 9.17) is 4.98 Å². The average molecular weight is 350 g/mol. The normalized spacial score (nSPS) is 11.7. The lowest BCUT2D eigenvalue weighted by molar-refractivity contribution is 0.0578. The summed E-state index contributed by atoms with van der Waals surface area (Å²) in [5.74, 6) is 0.891. The van der Waals surface area contributed by atoms with Crippen LogP contribution in [-0.2, 0) is 13.0 Å². The van der Waals surface area contributed by atoms with Gasteiger partial charge in [-0.1, -0.05) is 25.1 Å². The smallest absolute Gasteiger partial charge is 0.129 e. The number of rotatable bonds is 6. The van der Waals surface area contributed by atoms with Crippen molar-refractivity contribution in [2.75, 3.05) is 0 Å². The van der Waals surface area contributed by atoms with Crippen LogP contribution in [0.25, 0.3) is 22.5 Å². The van der Waals surface area contributed by atoms with Crippen LogP contribution in [0.5, 0.6) is 0 Å². The van der Waals surface area contributed by atoms with Crippen LogP contribution < -0.4 is 0 Å². The molecule has 5 heteroatoms. The molecule has 2 heterocycles. The van der Waals surface area contributed by atoms with Gasteiger partial charge in [0, 0.05) is 29.4 Å². The minimum absolute atomic E-state index is 0.457. The molecule has 0 radical (unpaired) electrons. The highest BCUT2D eigenvalue weighted by Gasteiger charge is 2.14. The largest absolute Gasteiger partial charge is 0.389 e. The average Bonchev–Trinajstić information content (AvgIpc) is 3.01. The fourth-order valence-electron chi connectivity index (χ4n) is 2.95. The Hall–Kier alpha value is -2.53. The minimum atomic E-state index is -0.792. The van der Waals surface area contributed by atoms with Gasteiger partial charge >= 0.3 is 0 Å². The minimum Gasteiger partial charge on any atom is -0.389 e. The van der Waals surface area contributed by atoms with Crippen LogP contribution in [0.4, 0.5) is 0 Å². The number of hydrogen-bond acceptors (Lipinski definition) is 4. The van der Waals surface area contributed by atoms with E-state index in [0.29, 0.717) is 6.54 Å². The molecule has 0 bridgehead atoms. The summed E-state index contributed by atoms with van der Waals surface area (Å²) >= 11 is 0. The predicted molar refractivity (Wildman–Crippen MR) is 104 cm³/mol. The lowest BCUT2D eigenvalue weighted by Crippen LogP contribution is -2.26. The molecule has 1 aromatic carbocycles. The third-order valence-electron chi connectivity index (χ3n) is 4.02. The summed E-state index contributed by atoms with van der Waals surface area (Å²) in [5.41, 5.74) is 4.11. The van der Waals surface area contributed by atoms with E-state index in [0.717, 1.165) is 46.9 Å². The van der Waals surface area contributed by atoms with Gasteiger partial charge in [0.25, 0.3) is 0 Å². The Morgan fingerprint density at radius 1 is 1.04 bits per heavy atom. The first kappa shape index (κ1) is 18.3. The van der Waals surface area contributed by atoms with E-state index in [1.165, 1.54) is 0 Å². The highest BCUT2D eigenvalue weighted by molar-refractivity contribution is 5.69. The fraction of sp³-hybridized carbons (Fsp3) is 0.381. The number of hydrogen-bond donors (Lipinski definition) is 1. The Kier molecular flexibility index (Phi) is 5.18. The second-order valence-electron chi connectivity index (χ2n) is 7.35. The second kappa shape index (κ2) is 7.38. The Bertz CT molecular complexity index is 893. The molecular formula is C21H26N4O. The van der Waals surface area contributed by atoms with Crippen LogP contribution in [0, 0.1) is 6.92 Å². The lowest BCUT2D eigenvalue weighted by Gasteiger charge is -2.16. The highest BCUT2D eigenvalue weighted by atomic mass is 16.3. The van der Waals surface area contributed by atoms with Gasteiger partial charge in [-0.15, -0.1) is 0 Å². The summed E-state index contributed by atoms with van der Waals surface area (Å²) in [5, 5.41) is 14.6. The topological polar surface area (TPSA) is 63.8 Å². The lowest BCUT2D eigenvalue weighted by atomic mass is 10.1. The molecule has 0 spiro atoms. The van der Waals surface area contributed by atoms with Crippen molar-refractivity contribution in [1.29, 1.82) is 0 Å². The first-order valence-electron chi connectivity index (χ1n) is 9.05. The maximum Gasteiger partial charge on any atom is 0.129 e. The van der Waals surface area contributed by atoms with Crippen molar-refractivity contribution in [3.63, 3.8) is 0 Å². The van der Waals surface area contributed by atoms with Crippen LogP contribution >= 0.6 is 0 Å². The molecule has 0 atom stereocenters. The van der Waals surface area contributed by atoms with Gasteiger partial charge in [-0.05, 0) is 45.4 Å². The zero-order valence-electron chi connectivity index (χ0n) is 15.9. The van der Waals surface area contributed by atoms with Crippen molar-refractivity contribution in [3.05, 3.63) is 54.1 Å². The van der Waals surface area contributed by atoms with Gasteiger partial charge in [-0.3, -0.25) is 4.68 Å². The standard InChI is InChI=1S/C21H26N4O/c1-5-7-20-22-15(2)12-19(23-20)17-9-6-8-16(13-17)18-10-11-25(24-18)14-21(3,4)26/h6,8-13,26H,5,7,14H2,1-4H3. The molecule has 5 nitrogen and oxygen atoms in total. The Balaban J connectivity index is 1.92. The Labute approximate surface area is 154 Å².